The number of hydrogen-bond donors (Lipinski definition) is 5. The highest BCUT2D eigenvalue weighted by molar-refractivity contribution is 7.71. The van der Waals surface area contributed by atoms with E-state index in [1.165, 1.54) is 6.92 Å². The minimum atomic E-state index is -0.614. The normalized spacial score (nSPS) is 9.95. The van der Waals surface area contributed by atoms with Gasteiger partial charge in [-0.15, -0.1) is 5.73 Å². The van der Waals surface area contributed by atoms with Gasteiger partial charge in [0.2, 0.25) is 11.8 Å². The molecule has 2 rings (SSSR count). The summed E-state index contributed by atoms with van der Waals surface area (Å²) in [5, 5.41) is 19.1. The van der Waals surface area contributed by atoms with Crippen LogP contribution in [0.2, 0.25) is 0 Å². The third-order valence-electron chi connectivity index (χ3n) is 2.47. The second-order valence-electron chi connectivity index (χ2n) is 4.01. The molecule has 0 fully saturated rings. The molecule has 0 saturated heterocycles. The first-order valence-corrected chi connectivity index (χ1v) is 6.07. The molecule has 2 aromatic rings. The molecule has 9 heteroatoms. The monoisotopic (exact) mass is 306 g/mol. The van der Waals surface area contributed by atoms with Gasteiger partial charge in [0.15, 0.2) is 4.77 Å². The van der Waals surface area contributed by atoms with Crippen LogP contribution in [0, 0.1) is 11.7 Å². The van der Waals surface area contributed by atoms with Crippen molar-refractivity contribution in [2.75, 3.05) is 0 Å². The van der Waals surface area contributed by atoms with E-state index >= 15 is 0 Å². The summed E-state index contributed by atoms with van der Waals surface area (Å²) in [5.41, 5.74) is 1.12. The molecule has 0 radical (unpaired) electrons. The highest BCUT2D eigenvalue weighted by atomic mass is 32.1. The quantitative estimate of drug-likeness (QED) is 0.406. The summed E-state index contributed by atoms with van der Waals surface area (Å²) < 4.78 is -0.0181. The van der Waals surface area contributed by atoms with Crippen LogP contribution in [0.25, 0.3) is 12.2 Å². The topological polar surface area (TPSA) is 135 Å². The van der Waals surface area contributed by atoms with Crippen LogP contribution in [-0.2, 0) is 0 Å². The minimum Gasteiger partial charge on any atom is -0.494 e. The van der Waals surface area contributed by atoms with Crippen LogP contribution in [-0.4, -0.2) is 30.1 Å². The fourth-order valence-corrected chi connectivity index (χ4v) is 1.73. The highest BCUT2D eigenvalue weighted by Gasteiger charge is 2.06. The number of aromatic nitrogens is 4. The van der Waals surface area contributed by atoms with Crippen LogP contribution in [0.4, 0.5) is 0 Å². The summed E-state index contributed by atoms with van der Waals surface area (Å²) in [5.74, 6) is -0.615. The molecule has 0 bridgehead atoms. The lowest BCUT2D eigenvalue weighted by atomic mass is 10.2. The molecule has 0 saturated carbocycles. The van der Waals surface area contributed by atoms with Gasteiger partial charge in [0.1, 0.15) is 17.0 Å². The molecule has 2 aromatic heterocycles. The first-order valence-electron chi connectivity index (χ1n) is 5.66. The van der Waals surface area contributed by atoms with Crippen LogP contribution in [0.15, 0.2) is 15.3 Å². The molecule has 21 heavy (non-hydrogen) atoms. The number of rotatable bonds is 2. The van der Waals surface area contributed by atoms with Crippen LogP contribution in [0.5, 0.6) is 11.8 Å². The van der Waals surface area contributed by atoms with Gasteiger partial charge >= 0.3 is 0 Å². The van der Waals surface area contributed by atoms with E-state index in [9.17, 15) is 19.8 Å². The van der Waals surface area contributed by atoms with Crippen molar-refractivity contribution >= 4 is 24.4 Å². The summed E-state index contributed by atoms with van der Waals surface area (Å²) in [6.45, 7) is 1.52. The van der Waals surface area contributed by atoms with E-state index in [0.29, 0.717) is 0 Å². The largest absolute Gasteiger partial charge is 0.494 e. The second kappa shape index (κ2) is 5.61. The number of aromatic hydroxyl groups is 2. The molecule has 0 unspecified atom stereocenters. The number of nitrogens with one attached hydrogen (secondary N) is 3. The van der Waals surface area contributed by atoms with Crippen molar-refractivity contribution in [1.82, 2.24) is 19.9 Å². The second-order valence-corrected chi connectivity index (χ2v) is 4.42. The van der Waals surface area contributed by atoms with E-state index in [1.54, 1.807) is 0 Å². The zero-order chi connectivity index (χ0) is 15.6. The lowest BCUT2D eigenvalue weighted by Gasteiger charge is -1.97. The number of H-pyrrole nitrogens is 3. The SMILES string of the molecule is Cc1nc(O)c(C=C=Cc2c(O)[nH]c(=S)[nH]c2=O)c(=O)[nH]1. The smallest absolute Gasteiger partial charge is 0.263 e. The van der Waals surface area contributed by atoms with Gasteiger partial charge in [-0.05, 0) is 31.3 Å². The Bertz CT molecular complexity index is 931. The van der Waals surface area contributed by atoms with Crippen LogP contribution in [0.1, 0.15) is 17.0 Å². The zero-order valence-corrected chi connectivity index (χ0v) is 11.5. The Balaban J connectivity index is 2.50. The van der Waals surface area contributed by atoms with Gasteiger partial charge in [-0.3, -0.25) is 14.6 Å². The molecular formula is C12H10N4O4S. The molecule has 0 spiro atoms. The average Bonchev–Trinajstić information content (AvgIpc) is 2.34. The van der Waals surface area contributed by atoms with E-state index in [0.717, 1.165) is 12.2 Å². The highest BCUT2D eigenvalue weighted by Crippen LogP contribution is 2.11. The zero-order valence-electron chi connectivity index (χ0n) is 10.7. The van der Waals surface area contributed by atoms with Crippen molar-refractivity contribution in [3.8, 4) is 11.8 Å². The number of aromatic amines is 3. The van der Waals surface area contributed by atoms with Gasteiger partial charge in [0.25, 0.3) is 11.1 Å². The Hall–Kier alpha value is -2.90. The maximum atomic E-state index is 11.6. The van der Waals surface area contributed by atoms with E-state index in [-0.39, 0.29) is 21.7 Å². The number of nitrogens with zero attached hydrogens (tertiary/aromatic N) is 1. The maximum absolute atomic E-state index is 11.6. The molecule has 5 N–H and O–H groups in total. The van der Waals surface area contributed by atoms with Gasteiger partial charge in [-0.25, -0.2) is 4.98 Å². The number of aryl methyl sites for hydroxylation is 1. The van der Waals surface area contributed by atoms with Crippen LogP contribution in [0.3, 0.4) is 0 Å². The first-order chi connectivity index (χ1) is 9.88. The summed E-state index contributed by atoms with van der Waals surface area (Å²) in [4.78, 5) is 33.9. The summed E-state index contributed by atoms with van der Waals surface area (Å²) in [7, 11) is 0. The predicted octanol–water partition coefficient (Wildman–Crippen LogP) is 0.561. The van der Waals surface area contributed by atoms with Crippen molar-refractivity contribution in [3.05, 3.63) is 48.2 Å². The lowest BCUT2D eigenvalue weighted by molar-refractivity contribution is 0.447. The Kier molecular flexibility index (Phi) is 3.88. The fraction of sp³-hybridized carbons (Fsp3) is 0.0833. The lowest BCUT2D eigenvalue weighted by Crippen LogP contribution is -2.12. The summed E-state index contributed by atoms with van der Waals surface area (Å²) in [6, 6.07) is 0. The van der Waals surface area contributed by atoms with E-state index < -0.39 is 22.9 Å². The standard InChI is InChI=1S/C12H10N4O4S/c1-5-13-8(17)6(9(18)14-5)3-2-4-7-10(19)15-12(21)16-11(7)20/h3-4H,1H3,(H2,13,14,17,18)(H3,15,16,19,20,21). The van der Waals surface area contributed by atoms with Crippen molar-refractivity contribution in [3.63, 3.8) is 0 Å². The minimum absolute atomic E-state index is 0.0181. The Morgan fingerprint density at radius 3 is 2.33 bits per heavy atom. The summed E-state index contributed by atoms with van der Waals surface area (Å²) >= 11 is 4.68. The van der Waals surface area contributed by atoms with Gasteiger partial charge in [0.05, 0.1) is 0 Å². The van der Waals surface area contributed by atoms with Gasteiger partial charge in [-0.2, -0.15) is 0 Å². The van der Waals surface area contributed by atoms with E-state index in [4.69, 9.17) is 0 Å². The molecule has 0 amide bonds. The summed E-state index contributed by atoms with van der Waals surface area (Å²) in [6.07, 6.45) is 2.28. The molecule has 8 nitrogen and oxygen atoms in total. The maximum Gasteiger partial charge on any atom is 0.263 e. The van der Waals surface area contributed by atoms with Crippen molar-refractivity contribution < 1.29 is 10.2 Å². The van der Waals surface area contributed by atoms with Crippen molar-refractivity contribution in [2.24, 2.45) is 0 Å². The van der Waals surface area contributed by atoms with E-state index in [2.05, 4.69) is 37.9 Å². The Morgan fingerprint density at radius 1 is 1.10 bits per heavy atom. The average molecular weight is 306 g/mol. The molecular weight excluding hydrogens is 296 g/mol. The molecule has 0 aromatic carbocycles. The molecule has 0 aliphatic rings. The Morgan fingerprint density at radius 2 is 1.71 bits per heavy atom. The molecule has 0 aliphatic carbocycles. The van der Waals surface area contributed by atoms with Gasteiger partial charge in [0, 0.05) is 0 Å². The third-order valence-corrected chi connectivity index (χ3v) is 2.67. The van der Waals surface area contributed by atoms with Gasteiger partial charge < -0.3 is 20.2 Å². The van der Waals surface area contributed by atoms with Gasteiger partial charge in [-0.1, -0.05) is 0 Å². The number of hydrogen-bond acceptors (Lipinski definition) is 6. The Labute approximate surface area is 122 Å². The predicted molar refractivity (Wildman–Crippen MR) is 77.6 cm³/mol. The fourth-order valence-electron chi connectivity index (χ4n) is 1.54. The third kappa shape index (κ3) is 3.16. The van der Waals surface area contributed by atoms with Crippen molar-refractivity contribution in [1.29, 1.82) is 0 Å². The van der Waals surface area contributed by atoms with Crippen molar-refractivity contribution in [2.45, 2.75) is 6.92 Å². The van der Waals surface area contributed by atoms with Crippen LogP contribution >= 0.6 is 12.2 Å². The molecule has 108 valence electrons. The molecule has 2 heterocycles. The molecule has 0 atom stereocenters. The van der Waals surface area contributed by atoms with E-state index in [1.807, 2.05) is 0 Å². The van der Waals surface area contributed by atoms with Crippen LogP contribution < -0.4 is 11.1 Å². The molecule has 0 aliphatic heterocycles. The first kappa shape index (κ1) is 14.5.